The van der Waals surface area contributed by atoms with Crippen LogP contribution in [0.2, 0.25) is 0 Å². The Morgan fingerprint density at radius 1 is 1.24 bits per heavy atom. The van der Waals surface area contributed by atoms with Crippen LogP contribution in [-0.4, -0.2) is 23.7 Å². The molecule has 0 bridgehead atoms. The predicted octanol–water partition coefficient (Wildman–Crippen LogP) is 1.88. The Morgan fingerprint density at radius 2 is 2.10 bits per heavy atom. The third-order valence-corrected chi connectivity index (χ3v) is 3.37. The molecule has 0 saturated heterocycles. The summed E-state index contributed by atoms with van der Waals surface area (Å²) >= 11 is 0. The molecule has 5 heteroatoms. The minimum absolute atomic E-state index is 0.0105. The molecule has 108 valence electrons. The number of carbonyl (C=O) groups excluding carboxylic acids is 1. The fourth-order valence-corrected chi connectivity index (χ4v) is 2.33. The van der Waals surface area contributed by atoms with Gasteiger partial charge < -0.3 is 15.4 Å². The molecule has 21 heavy (non-hydrogen) atoms. The first-order valence-electron chi connectivity index (χ1n) is 6.96. The van der Waals surface area contributed by atoms with Crippen LogP contribution in [0.3, 0.4) is 0 Å². The Hall–Kier alpha value is -2.56. The number of pyridine rings is 1. The van der Waals surface area contributed by atoms with Gasteiger partial charge in [0.25, 0.3) is 0 Å². The van der Waals surface area contributed by atoms with Gasteiger partial charge in [0.2, 0.25) is 0 Å². The SMILES string of the molecule is O=C(NCc1ccccn1)NC1COc2ccccc2C1. The number of carbonyl (C=O) groups is 1. The number of hydrogen-bond donors (Lipinski definition) is 2. The summed E-state index contributed by atoms with van der Waals surface area (Å²) in [6.45, 7) is 0.908. The monoisotopic (exact) mass is 283 g/mol. The van der Waals surface area contributed by atoms with E-state index in [0.717, 1.165) is 23.4 Å². The molecule has 2 N–H and O–H groups in total. The molecular weight excluding hydrogens is 266 g/mol. The third kappa shape index (κ3) is 3.51. The molecule has 5 nitrogen and oxygen atoms in total. The van der Waals surface area contributed by atoms with Crippen LogP contribution in [0.15, 0.2) is 48.7 Å². The molecule has 0 saturated carbocycles. The van der Waals surface area contributed by atoms with E-state index in [9.17, 15) is 4.79 Å². The average Bonchev–Trinajstić information content (AvgIpc) is 2.54. The minimum Gasteiger partial charge on any atom is -0.491 e. The number of nitrogens with zero attached hydrogens (tertiary/aromatic N) is 1. The fourth-order valence-electron chi connectivity index (χ4n) is 2.33. The van der Waals surface area contributed by atoms with Crippen molar-refractivity contribution in [3.05, 3.63) is 59.9 Å². The van der Waals surface area contributed by atoms with Crippen molar-refractivity contribution in [2.75, 3.05) is 6.61 Å². The zero-order valence-electron chi connectivity index (χ0n) is 11.6. The molecule has 1 atom stereocenters. The largest absolute Gasteiger partial charge is 0.491 e. The van der Waals surface area contributed by atoms with Crippen molar-refractivity contribution in [1.29, 1.82) is 0 Å². The van der Waals surface area contributed by atoms with E-state index in [-0.39, 0.29) is 12.1 Å². The lowest BCUT2D eigenvalue weighted by Crippen LogP contribution is -2.47. The standard InChI is InChI=1S/C16H17N3O2/c20-16(18-10-13-6-3-4-8-17-13)19-14-9-12-5-1-2-7-15(12)21-11-14/h1-8,14H,9-11H2,(H2,18,19,20). The number of aromatic nitrogens is 1. The van der Waals surface area contributed by atoms with Gasteiger partial charge in [0, 0.05) is 6.20 Å². The van der Waals surface area contributed by atoms with Gasteiger partial charge >= 0.3 is 6.03 Å². The second kappa shape index (κ2) is 6.26. The quantitative estimate of drug-likeness (QED) is 0.904. The van der Waals surface area contributed by atoms with Gasteiger partial charge in [-0.05, 0) is 30.2 Å². The maximum Gasteiger partial charge on any atom is 0.315 e. The fraction of sp³-hybridized carbons (Fsp3) is 0.250. The van der Waals surface area contributed by atoms with Crippen molar-refractivity contribution >= 4 is 6.03 Å². The molecule has 1 aliphatic rings. The molecule has 2 amide bonds. The summed E-state index contributed by atoms with van der Waals surface area (Å²) in [5.74, 6) is 0.907. The highest BCUT2D eigenvalue weighted by molar-refractivity contribution is 5.74. The van der Waals surface area contributed by atoms with E-state index in [2.05, 4.69) is 15.6 Å². The molecule has 0 aliphatic carbocycles. The Labute approximate surface area is 123 Å². The van der Waals surface area contributed by atoms with E-state index >= 15 is 0 Å². The molecule has 2 aromatic rings. The van der Waals surface area contributed by atoms with Crippen molar-refractivity contribution in [2.45, 2.75) is 19.0 Å². The summed E-state index contributed by atoms with van der Waals surface area (Å²) in [6.07, 6.45) is 2.49. The summed E-state index contributed by atoms with van der Waals surface area (Å²) < 4.78 is 5.64. The summed E-state index contributed by atoms with van der Waals surface area (Å²) in [6, 6.07) is 13.3. The summed E-state index contributed by atoms with van der Waals surface area (Å²) in [7, 11) is 0. The Kier molecular flexibility index (Phi) is 4.00. The van der Waals surface area contributed by atoms with Crippen LogP contribution in [0, 0.1) is 0 Å². The lowest BCUT2D eigenvalue weighted by molar-refractivity contribution is 0.214. The van der Waals surface area contributed by atoms with Crippen molar-refractivity contribution in [3.63, 3.8) is 0 Å². The lowest BCUT2D eigenvalue weighted by atomic mass is 10.0. The van der Waals surface area contributed by atoms with Crippen LogP contribution >= 0.6 is 0 Å². The van der Waals surface area contributed by atoms with E-state index < -0.39 is 0 Å². The van der Waals surface area contributed by atoms with E-state index in [1.807, 2.05) is 42.5 Å². The van der Waals surface area contributed by atoms with Gasteiger partial charge in [0.05, 0.1) is 18.3 Å². The zero-order valence-corrected chi connectivity index (χ0v) is 11.6. The number of benzene rings is 1. The molecule has 0 spiro atoms. The van der Waals surface area contributed by atoms with Gasteiger partial charge in [0.15, 0.2) is 0 Å². The lowest BCUT2D eigenvalue weighted by Gasteiger charge is -2.26. The van der Waals surface area contributed by atoms with Gasteiger partial charge in [-0.3, -0.25) is 4.98 Å². The molecule has 1 aromatic heterocycles. The Balaban J connectivity index is 1.50. The molecule has 1 unspecified atom stereocenters. The van der Waals surface area contributed by atoms with Crippen LogP contribution < -0.4 is 15.4 Å². The molecule has 2 heterocycles. The van der Waals surface area contributed by atoms with Crippen LogP contribution in [0.1, 0.15) is 11.3 Å². The highest BCUT2D eigenvalue weighted by atomic mass is 16.5. The molecule has 3 rings (SSSR count). The number of urea groups is 1. The molecule has 0 radical (unpaired) electrons. The van der Waals surface area contributed by atoms with Crippen LogP contribution in [0.5, 0.6) is 5.75 Å². The Morgan fingerprint density at radius 3 is 2.95 bits per heavy atom. The number of nitrogens with one attached hydrogen (secondary N) is 2. The minimum atomic E-state index is -0.200. The summed E-state index contributed by atoms with van der Waals surface area (Å²) in [5, 5.41) is 5.73. The topological polar surface area (TPSA) is 63.2 Å². The number of rotatable bonds is 3. The van der Waals surface area contributed by atoms with E-state index in [0.29, 0.717) is 13.2 Å². The van der Waals surface area contributed by atoms with Crippen LogP contribution in [0.4, 0.5) is 4.79 Å². The normalized spacial score (nSPS) is 16.5. The van der Waals surface area contributed by atoms with Gasteiger partial charge in [-0.25, -0.2) is 4.79 Å². The van der Waals surface area contributed by atoms with Crippen molar-refractivity contribution in [3.8, 4) is 5.75 Å². The second-order valence-electron chi connectivity index (χ2n) is 4.97. The maximum absolute atomic E-state index is 11.9. The first-order valence-corrected chi connectivity index (χ1v) is 6.96. The van der Waals surface area contributed by atoms with Crippen molar-refractivity contribution < 1.29 is 9.53 Å². The van der Waals surface area contributed by atoms with Gasteiger partial charge in [0.1, 0.15) is 12.4 Å². The molecule has 1 aromatic carbocycles. The third-order valence-electron chi connectivity index (χ3n) is 3.37. The van der Waals surface area contributed by atoms with Crippen LogP contribution in [-0.2, 0) is 13.0 Å². The van der Waals surface area contributed by atoms with Crippen molar-refractivity contribution in [2.24, 2.45) is 0 Å². The van der Waals surface area contributed by atoms with E-state index in [1.54, 1.807) is 6.20 Å². The van der Waals surface area contributed by atoms with E-state index in [1.165, 1.54) is 0 Å². The van der Waals surface area contributed by atoms with Gasteiger partial charge in [-0.15, -0.1) is 0 Å². The maximum atomic E-state index is 11.9. The Bertz CT molecular complexity index is 616. The number of para-hydroxylation sites is 1. The second-order valence-corrected chi connectivity index (χ2v) is 4.97. The number of amides is 2. The van der Waals surface area contributed by atoms with Gasteiger partial charge in [-0.2, -0.15) is 0 Å². The highest BCUT2D eigenvalue weighted by Crippen LogP contribution is 2.23. The first-order chi connectivity index (χ1) is 10.3. The number of hydrogen-bond acceptors (Lipinski definition) is 3. The highest BCUT2D eigenvalue weighted by Gasteiger charge is 2.20. The first kappa shape index (κ1) is 13.4. The van der Waals surface area contributed by atoms with Crippen molar-refractivity contribution in [1.82, 2.24) is 15.6 Å². The summed E-state index contributed by atoms with van der Waals surface area (Å²) in [4.78, 5) is 16.1. The molecular formula is C16H17N3O2. The van der Waals surface area contributed by atoms with Gasteiger partial charge in [-0.1, -0.05) is 24.3 Å². The smallest absolute Gasteiger partial charge is 0.315 e. The molecule has 1 aliphatic heterocycles. The average molecular weight is 283 g/mol. The molecule has 0 fully saturated rings. The number of ether oxygens (including phenoxy) is 1. The summed E-state index contributed by atoms with van der Waals surface area (Å²) in [5.41, 5.74) is 1.96. The number of fused-ring (bicyclic) bond motifs is 1. The van der Waals surface area contributed by atoms with E-state index in [4.69, 9.17) is 4.74 Å². The zero-order chi connectivity index (χ0) is 14.5. The predicted molar refractivity (Wildman–Crippen MR) is 79.0 cm³/mol. The van der Waals surface area contributed by atoms with Crippen LogP contribution in [0.25, 0.3) is 0 Å².